The van der Waals surface area contributed by atoms with Crippen molar-refractivity contribution in [3.05, 3.63) is 57.7 Å². The zero-order chi connectivity index (χ0) is 13.7. The van der Waals surface area contributed by atoms with Gasteiger partial charge in [-0.3, -0.25) is 5.43 Å². The summed E-state index contributed by atoms with van der Waals surface area (Å²) >= 11 is 2.28. The van der Waals surface area contributed by atoms with Crippen molar-refractivity contribution < 1.29 is 0 Å². The highest BCUT2D eigenvalue weighted by Crippen LogP contribution is 2.13. The van der Waals surface area contributed by atoms with Crippen molar-refractivity contribution in [1.29, 1.82) is 0 Å². The second-order valence-corrected chi connectivity index (χ2v) is 5.61. The molecule has 0 aromatic heterocycles. The predicted octanol–water partition coefficient (Wildman–Crippen LogP) is 3.80. The van der Waals surface area contributed by atoms with E-state index in [1.54, 1.807) is 0 Å². The summed E-state index contributed by atoms with van der Waals surface area (Å²) < 4.78 is 1.19. The lowest BCUT2D eigenvalue weighted by Gasteiger charge is -2.11. The Bertz CT molecular complexity index is 562. The number of hydrogen-bond donors (Lipinski definition) is 1. The molecule has 19 heavy (non-hydrogen) atoms. The van der Waals surface area contributed by atoms with E-state index in [0.717, 1.165) is 11.3 Å². The van der Waals surface area contributed by atoms with Gasteiger partial charge in [0.2, 0.25) is 0 Å². The molecule has 4 heteroatoms. The standard InChI is InChI=1S/C15H16IN3/c1-19(2)15-8-6-12(7-9-15)11-17-18-14-5-3-4-13(16)10-14/h3-11,18H,1-2H3/b17-11+. The lowest BCUT2D eigenvalue weighted by Crippen LogP contribution is -2.08. The number of nitrogens with zero attached hydrogens (tertiary/aromatic N) is 2. The van der Waals surface area contributed by atoms with E-state index >= 15 is 0 Å². The summed E-state index contributed by atoms with van der Waals surface area (Å²) in [7, 11) is 4.06. The van der Waals surface area contributed by atoms with Gasteiger partial charge in [-0.15, -0.1) is 0 Å². The fourth-order valence-corrected chi connectivity index (χ4v) is 2.14. The molecule has 0 saturated carbocycles. The Balaban J connectivity index is 1.99. The Labute approximate surface area is 127 Å². The lowest BCUT2D eigenvalue weighted by molar-refractivity contribution is 1.13. The molecule has 2 rings (SSSR count). The summed E-state index contributed by atoms with van der Waals surface area (Å²) in [5.74, 6) is 0. The fraction of sp³-hybridized carbons (Fsp3) is 0.133. The predicted molar refractivity (Wildman–Crippen MR) is 91.1 cm³/mol. The first-order valence-electron chi connectivity index (χ1n) is 5.97. The first-order valence-corrected chi connectivity index (χ1v) is 7.05. The normalized spacial score (nSPS) is 10.7. The quantitative estimate of drug-likeness (QED) is 0.507. The summed E-state index contributed by atoms with van der Waals surface area (Å²) in [4.78, 5) is 2.07. The summed E-state index contributed by atoms with van der Waals surface area (Å²) in [6.45, 7) is 0. The van der Waals surface area contributed by atoms with Crippen LogP contribution >= 0.6 is 22.6 Å². The van der Waals surface area contributed by atoms with E-state index in [1.807, 2.05) is 38.5 Å². The smallest absolute Gasteiger partial charge is 0.0572 e. The van der Waals surface area contributed by atoms with E-state index in [9.17, 15) is 0 Å². The Morgan fingerprint density at radius 1 is 1.11 bits per heavy atom. The molecule has 0 unspecified atom stereocenters. The number of rotatable bonds is 4. The van der Waals surface area contributed by atoms with Gasteiger partial charge in [-0.25, -0.2) is 0 Å². The Kier molecular flexibility index (Phi) is 4.79. The van der Waals surface area contributed by atoms with Crippen molar-refractivity contribution in [2.45, 2.75) is 0 Å². The highest BCUT2D eigenvalue weighted by Gasteiger charge is 1.94. The molecule has 0 radical (unpaired) electrons. The van der Waals surface area contributed by atoms with Gasteiger partial charge >= 0.3 is 0 Å². The highest BCUT2D eigenvalue weighted by molar-refractivity contribution is 14.1. The van der Waals surface area contributed by atoms with Gasteiger partial charge in [-0.2, -0.15) is 5.10 Å². The maximum Gasteiger partial charge on any atom is 0.0572 e. The Morgan fingerprint density at radius 2 is 1.84 bits per heavy atom. The van der Waals surface area contributed by atoms with E-state index in [2.05, 4.69) is 68.3 Å². The van der Waals surface area contributed by atoms with E-state index in [-0.39, 0.29) is 0 Å². The van der Waals surface area contributed by atoms with Gasteiger partial charge in [0, 0.05) is 23.4 Å². The molecule has 2 aromatic rings. The average molecular weight is 365 g/mol. The third-order valence-electron chi connectivity index (χ3n) is 2.64. The van der Waals surface area contributed by atoms with Crippen molar-refractivity contribution in [3.8, 4) is 0 Å². The molecular formula is C15H16IN3. The minimum Gasteiger partial charge on any atom is -0.378 e. The van der Waals surface area contributed by atoms with Crippen LogP contribution in [0, 0.1) is 3.57 Å². The van der Waals surface area contributed by atoms with E-state index in [0.29, 0.717) is 0 Å². The third kappa shape index (κ3) is 4.24. The summed E-state index contributed by atoms with van der Waals surface area (Å²) in [5, 5.41) is 4.24. The van der Waals surface area contributed by atoms with Crippen molar-refractivity contribution in [1.82, 2.24) is 0 Å². The minimum absolute atomic E-state index is 0.994. The van der Waals surface area contributed by atoms with Crippen molar-refractivity contribution >= 4 is 40.2 Å². The maximum atomic E-state index is 4.24. The van der Waals surface area contributed by atoms with E-state index in [1.165, 1.54) is 9.26 Å². The summed E-state index contributed by atoms with van der Waals surface area (Å²) in [6.07, 6.45) is 1.82. The lowest BCUT2D eigenvalue weighted by atomic mass is 10.2. The highest BCUT2D eigenvalue weighted by atomic mass is 127. The van der Waals surface area contributed by atoms with Crippen molar-refractivity contribution in [3.63, 3.8) is 0 Å². The zero-order valence-corrected chi connectivity index (χ0v) is 13.1. The number of nitrogens with one attached hydrogen (secondary N) is 1. The van der Waals surface area contributed by atoms with Gasteiger partial charge in [-0.05, 0) is 58.5 Å². The molecule has 0 aliphatic rings. The van der Waals surface area contributed by atoms with Crippen LogP contribution in [0.5, 0.6) is 0 Å². The molecule has 0 saturated heterocycles. The van der Waals surface area contributed by atoms with Crippen LogP contribution < -0.4 is 10.3 Å². The number of hydrazone groups is 1. The van der Waals surface area contributed by atoms with Crippen LogP contribution in [0.2, 0.25) is 0 Å². The molecule has 0 fully saturated rings. The third-order valence-corrected chi connectivity index (χ3v) is 3.31. The summed E-state index contributed by atoms with van der Waals surface area (Å²) in [5.41, 5.74) is 6.28. The second kappa shape index (κ2) is 6.56. The van der Waals surface area contributed by atoms with Gasteiger partial charge in [0.25, 0.3) is 0 Å². The van der Waals surface area contributed by atoms with Crippen molar-refractivity contribution in [2.24, 2.45) is 5.10 Å². The van der Waals surface area contributed by atoms with Gasteiger partial charge < -0.3 is 4.90 Å². The summed E-state index contributed by atoms with van der Waals surface area (Å²) in [6, 6.07) is 16.4. The largest absolute Gasteiger partial charge is 0.378 e. The van der Waals surface area contributed by atoms with Crippen LogP contribution in [0.4, 0.5) is 11.4 Å². The second-order valence-electron chi connectivity index (χ2n) is 4.37. The van der Waals surface area contributed by atoms with Crippen LogP contribution in [-0.4, -0.2) is 20.3 Å². The number of halogens is 1. The monoisotopic (exact) mass is 365 g/mol. The Morgan fingerprint density at radius 3 is 2.47 bits per heavy atom. The number of anilines is 2. The SMILES string of the molecule is CN(C)c1ccc(/C=N/Nc2cccc(I)c2)cc1. The molecule has 1 N–H and O–H groups in total. The molecule has 0 heterocycles. The van der Waals surface area contributed by atoms with E-state index in [4.69, 9.17) is 0 Å². The maximum absolute atomic E-state index is 4.24. The molecule has 98 valence electrons. The van der Waals surface area contributed by atoms with Crippen LogP contribution in [0.25, 0.3) is 0 Å². The molecule has 0 bridgehead atoms. The minimum atomic E-state index is 0.994. The van der Waals surface area contributed by atoms with Crippen LogP contribution in [0.3, 0.4) is 0 Å². The number of hydrogen-bond acceptors (Lipinski definition) is 3. The first-order chi connectivity index (χ1) is 9.15. The molecule has 0 spiro atoms. The van der Waals surface area contributed by atoms with E-state index < -0.39 is 0 Å². The van der Waals surface area contributed by atoms with Gasteiger partial charge in [0.15, 0.2) is 0 Å². The van der Waals surface area contributed by atoms with Gasteiger partial charge in [0.05, 0.1) is 11.9 Å². The zero-order valence-electron chi connectivity index (χ0n) is 11.0. The molecule has 0 atom stereocenters. The molecule has 2 aromatic carbocycles. The molecular weight excluding hydrogens is 349 g/mol. The van der Waals surface area contributed by atoms with Crippen molar-refractivity contribution in [2.75, 3.05) is 24.4 Å². The topological polar surface area (TPSA) is 27.6 Å². The van der Waals surface area contributed by atoms with Crippen LogP contribution in [0.1, 0.15) is 5.56 Å². The molecule has 0 amide bonds. The molecule has 0 aliphatic carbocycles. The van der Waals surface area contributed by atoms with Gasteiger partial charge in [0.1, 0.15) is 0 Å². The molecule has 0 aliphatic heterocycles. The van der Waals surface area contributed by atoms with Crippen LogP contribution in [0.15, 0.2) is 53.6 Å². The fourth-order valence-electron chi connectivity index (χ4n) is 1.60. The Hall–Kier alpha value is -1.56. The average Bonchev–Trinajstić information content (AvgIpc) is 2.39. The first kappa shape index (κ1) is 13.9. The van der Waals surface area contributed by atoms with Crippen LogP contribution in [-0.2, 0) is 0 Å². The molecule has 3 nitrogen and oxygen atoms in total. The number of benzene rings is 2. The van der Waals surface area contributed by atoms with Gasteiger partial charge in [-0.1, -0.05) is 18.2 Å².